The van der Waals surface area contributed by atoms with E-state index in [1.165, 1.54) is 6.07 Å². The fourth-order valence-electron chi connectivity index (χ4n) is 2.44. The van der Waals surface area contributed by atoms with Gasteiger partial charge < -0.3 is 11.1 Å². The molecule has 0 spiro atoms. The van der Waals surface area contributed by atoms with Crippen LogP contribution in [0.25, 0.3) is 22.4 Å². The minimum atomic E-state index is -0.356. The molecule has 1 aromatic carbocycles. The van der Waals surface area contributed by atoms with Crippen molar-refractivity contribution in [2.45, 2.75) is 0 Å². The number of halogens is 1. The molecule has 0 aliphatic heterocycles. The Morgan fingerprint density at radius 1 is 1.24 bits per heavy atom. The lowest BCUT2D eigenvalue weighted by Crippen LogP contribution is -2.17. The predicted molar refractivity (Wildman–Crippen MR) is 99.0 cm³/mol. The number of nitrogens with one attached hydrogen (secondary N) is 2. The van der Waals surface area contributed by atoms with Gasteiger partial charge in [0.05, 0.1) is 0 Å². The Bertz CT molecular complexity index is 1020. The second-order valence-corrected chi connectivity index (χ2v) is 6.16. The average molecular weight is 400 g/mol. The van der Waals surface area contributed by atoms with Gasteiger partial charge in [-0.05, 0) is 39.7 Å². The van der Waals surface area contributed by atoms with E-state index in [2.05, 4.69) is 36.4 Å². The Hall–Kier alpha value is -3.00. The van der Waals surface area contributed by atoms with E-state index >= 15 is 0 Å². The molecule has 25 heavy (non-hydrogen) atoms. The molecule has 0 aliphatic rings. The van der Waals surface area contributed by atoms with Crippen molar-refractivity contribution in [3.8, 4) is 22.4 Å². The summed E-state index contributed by atoms with van der Waals surface area (Å²) in [6.07, 6.45) is 1.58. The third kappa shape index (κ3) is 3.43. The van der Waals surface area contributed by atoms with Gasteiger partial charge in [0.2, 0.25) is 0 Å². The van der Waals surface area contributed by atoms with E-state index in [9.17, 15) is 9.59 Å². The van der Waals surface area contributed by atoms with Crippen LogP contribution in [0.2, 0.25) is 0 Å². The van der Waals surface area contributed by atoms with Gasteiger partial charge in [-0.3, -0.25) is 9.59 Å². The first kappa shape index (κ1) is 16.8. The zero-order valence-corrected chi connectivity index (χ0v) is 14.8. The topological polar surface area (TPSA) is 114 Å². The first-order valence-corrected chi connectivity index (χ1v) is 8.12. The van der Waals surface area contributed by atoms with E-state index in [-0.39, 0.29) is 17.3 Å². The summed E-state index contributed by atoms with van der Waals surface area (Å²) >= 11 is 3.36. The van der Waals surface area contributed by atoms with Gasteiger partial charge in [0.1, 0.15) is 11.5 Å². The number of carbonyl (C=O) groups is 1. The molecule has 1 amide bonds. The maximum atomic E-state index is 11.9. The molecule has 0 bridgehead atoms. The zero-order chi connectivity index (χ0) is 18.0. The highest BCUT2D eigenvalue weighted by Crippen LogP contribution is 2.33. The summed E-state index contributed by atoms with van der Waals surface area (Å²) in [6.45, 7) is 0. The summed E-state index contributed by atoms with van der Waals surface area (Å²) in [5, 5.41) is 9.14. The van der Waals surface area contributed by atoms with Crippen LogP contribution in [0.3, 0.4) is 0 Å². The molecule has 0 saturated carbocycles. The Labute approximate surface area is 151 Å². The second-order valence-electron chi connectivity index (χ2n) is 5.24. The number of H-pyrrole nitrogens is 1. The number of aromatic amines is 1. The van der Waals surface area contributed by atoms with Crippen LogP contribution in [0.5, 0.6) is 0 Å². The number of benzene rings is 1. The molecular formula is C17H14BrN5O2. The van der Waals surface area contributed by atoms with Crippen molar-refractivity contribution in [3.05, 3.63) is 63.0 Å². The number of hydrogen-bond donors (Lipinski definition) is 3. The van der Waals surface area contributed by atoms with Crippen LogP contribution in [0.4, 0.5) is 5.82 Å². The minimum Gasteiger partial charge on any atom is -0.383 e. The van der Waals surface area contributed by atoms with E-state index in [4.69, 9.17) is 5.73 Å². The summed E-state index contributed by atoms with van der Waals surface area (Å²) in [4.78, 5) is 27.8. The number of pyridine rings is 1. The maximum Gasteiger partial charge on any atom is 0.264 e. The number of nitrogen functional groups attached to an aromatic ring is 1. The Morgan fingerprint density at radius 3 is 2.80 bits per heavy atom. The van der Waals surface area contributed by atoms with E-state index in [1.54, 1.807) is 43.6 Å². The highest BCUT2D eigenvalue weighted by molar-refractivity contribution is 9.10. The van der Waals surface area contributed by atoms with E-state index < -0.39 is 0 Å². The summed E-state index contributed by atoms with van der Waals surface area (Å²) in [6, 6.07) is 10.1. The molecule has 4 N–H and O–H groups in total. The van der Waals surface area contributed by atoms with Gasteiger partial charge in [-0.2, -0.15) is 5.10 Å². The number of hydrogen-bond acceptors (Lipinski definition) is 5. The first-order chi connectivity index (χ1) is 12.0. The number of anilines is 1. The van der Waals surface area contributed by atoms with Gasteiger partial charge in [-0.15, -0.1) is 0 Å². The molecule has 0 fully saturated rings. The van der Waals surface area contributed by atoms with Gasteiger partial charge in [0, 0.05) is 40.5 Å². The van der Waals surface area contributed by atoms with Crippen molar-refractivity contribution in [2.75, 3.05) is 12.8 Å². The Balaban J connectivity index is 2.24. The van der Waals surface area contributed by atoms with Gasteiger partial charge >= 0.3 is 0 Å². The normalized spacial score (nSPS) is 10.5. The van der Waals surface area contributed by atoms with Crippen LogP contribution >= 0.6 is 15.9 Å². The molecule has 2 aromatic heterocycles. The highest BCUT2D eigenvalue weighted by Gasteiger charge is 2.15. The molecule has 7 nitrogen and oxygen atoms in total. The van der Waals surface area contributed by atoms with Crippen molar-refractivity contribution in [2.24, 2.45) is 0 Å². The summed E-state index contributed by atoms with van der Waals surface area (Å²) in [7, 11) is 1.56. The van der Waals surface area contributed by atoms with Gasteiger partial charge in [-0.1, -0.05) is 12.1 Å². The number of nitrogens with two attached hydrogens (primary N) is 1. The second kappa shape index (κ2) is 6.86. The van der Waals surface area contributed by atoms with Crippen molar-refractivity contribution in [1.29, 1.82) is 0 Å². The number of rotatable bonds is 3. The lowest BCUT2D eigenvalue weighted by atomic mass is 9.98. The lowest BCUT2D eigenvalue weighted by Gasteiger charge is -2.11. The number of carbonyl (C=O) groups excluding carboxylic acids is 1. The summed E-state index contributed by atoms with van der Waals surface area (Å²) in [5.41, 5.74) is 8.38. The Kier molecular flexibility index (Phi) is 4.62. The minimum absolute atomic E-state index is 0.218. The fraction of sp³-hybridized carbons (Fsp3) is 0.0588. The highest BCUT2D eigenvalue weighted by atomic mass is 79.9. The maximum absolute atomic E-state index is 11.9. The Morgan fingerprint density at radius 2 is 2.04 bits per heavy atom. The van der Waals surface area contributed by atoms with Crippen LogP contribution in [0, 0.1) is 0 Å². The standard InChI is InChI=1S/C17H14BrN5O2/c1-20-17(25)10-4-2-3-9(5-10)12-7-14(24)22-23-15(12)13-6-11(18)8-21-16(13)19/h2-8H,1H3,(H2,19,21)(H,20,25)(H,22,24). The fourth-order valence-corrected chi connectivity index (χ4v) is 2.77. The van der Waals surface area contributed by atoms with Crippen molar-refractivity contribution < 1.29 is 4.79 Å². The van der Waals surface area contributed by atoms with E-state index in [0.29, 0.717) is 27.9 Å². The molecule has 8 heteroatoms. The molecule has 126 valence electrons. The molecule has 2 heterocycles. The predicted octanol–water partition coefficient (Wildman–Crippen LogP) is 2.20. The van der Waals surface area contributed by atoms with Crippen LogP contribution < -0.4 is 16.6 Å². The van der Waals surface area contributed by atoms with E-state index in [1.807, 2.05) is 0 Å². The average Bonchev–Trinajstić information content (AvgIpc) is 2.63. The largest absolute Gasteiger partial charge is 0.383 e. The number of aromatic nitrogens is 3. The van der Waals surface area contributed by atoms with Gasteiger partial charge in [0.15, 0.2) is 0 Å². The SMILES string of the molecule is CNC(=O)c1cccc(-c2cc(=O)[nH]nc2-c2cc(Br)cnc2N)c1. The number of nitrogens with zero attached hydrogens (tertiary/aromatic N) is 2. The molecule has 0 unspecified atom stereocenters. The van der Waals surface area contributed by atoms with Crippen LogP contribution in [-0.4, -0.2) is 28.1 Å². The van der Waals surface area contributed by atoms with Gasteiger partial charge in [0.25, 0.3) is 11.5 Å². The summed E-state index contributed by atoms with van der Waals surface area (Å²) < 4.78 is 0.731. The van der Waals surface area contributed by atoms with Crippen LogP contribution in [0.15, 0.2) is 51.9 Å². The van der Waals surface area contributed by atoms with Crippen LogP contribution in [-0.2, 0) is 0 Å². The zero-order valence-electron chi connectivity index (χ0n) is 13.2. The molecule has 0 aliphatic carbocycles. The van der Waals surface area contributed by atoms with Crippen molar-refractivity contribution in [3.63, 3.8) is 0 Å². The first-order valence-electron chi connectivity index (χ1n) is 7.33. The smallest absolute Gasteiger partial charge is 0.264 e. The van der Waals surface area contributed by atoms with Gasteiger partial charge in [-0.25, -0.2) is 10.1 Å². The quantitative estimate of drug-likeness (QED) is 0.624. The third-order valence-electron chi connectivity index (χ3n) is 3.61. The van der Waals surface area contributed by atoms with Crippen LogP contribution in [0.1, 0.15) is 10.4 Å². The molecular weight excluding hydrogens is 386 g/mol. The van der Waals surface area contributed by atoms with Crippen molar-refractivity contribution in [1.82, 2.24) is 20.5 Å². The summed E-state index contributed by atoms with van der Waals surface area (Å²) in [5.74, 6) is 0.0660. The lowest BCUT2D eigenvalue weighted by molar-refractivity contribution is 0.0963. The monoisotopic (exact) mass is 399 g/mol. The number of amides is 1. The molecule has 0 saturated heterocycles. The molecule has 0 radical (unpaired) electrons. The third-order valence-corrected chi connectivity index (χ3v) is 4.05. The molecule has 0 atom stereocenters. The van der Waals surface area contributed by atoms with E-state index in [0.717, 1.165) is 4.47 Å². The van der Waals surface area contributed by atoms with Crippen molar-refractivity contribution >= 4 is 27.7 Å². The molecule has 3 rings (SSSR count). The molecule has 3 aromatic rings.